The lowest BCUT2D eigenvalue weighted by atomic mass is 9.96. The number of thioether (sulfide) groups is 1. The second kappa shape index (κ2) is 8.08. The van der Waals surface area contributed by atoms with Crippen LogP contribution in [-0.4, -0.2) is 42.3 Å². The summed E-state index contributed by atoms with van der Waals surface area (Å²) in [5.41, 5.74) is 0.850. The van der Waals surface area contributed by atoms with Crippen LogP contribution in [0.4, 0.5) is 9.18 Å². The first-order valence-corrected chi connectivity index (χ1v) is 9.71. The number of benzene rings is 1. The van der Waals surface area contributed by atoms with Crippen molar-refractivity contribution in [2.75, 3.05) is 25.4 Å². The van der Waals surface area contributed by atoms with Crippen molar-refractivity contribution in [3.63, 3.8) is 0 Å². The van der Waals surface area contributed by atoms with E-state index in [4.69, 9.17) is 4.74 Å². The lowest BCUT2D eigenvalue weighted by molar-refractivity contribution is -0.127. The van der Waals surface area contributed by atoms with E-state index in [0.29, 0.717) is 19.7 Å². The van der Waals surface area contributed by atoms with Gasteiger partial charge < -0.3 is 15.0 Å². The fraction of sp³-hybridized carbons (Fsp3) is 0.556. The highest BCUT2D eigenvalue weighted by molar-refractivity contribution is 7.99. The summed E-state index contributed by atoms with van der Waals surface area (Å²) >= 11 is 1.69. The Kier molecular flexibility index (Phi) is 5.83. The van der Waals surface area contributed by atoms with Crippen LogP contribution in [0.2, 0.25) is 0 Å². The van der Waals surface area contributed by atoms with Crippen molar-refractivity contribution in [3.8, 4) is 0 Å². The van der Waals surface area contributed by atoms with Gasteiger partial charge in [-0.1, -0.05) is 0 Å². The smallest absolute Gasteiger partial charge is 0.409 e. The molecule has 2 aliphatic heterocycles. The minimum Gasteiger partial charge on any atom is -0.450 e. The molecule has 0 spiro atoms. The van der Waals surface area contributed by atoms with Crippen molar-refractivity contribution in [2.45, 2.75) is 37.1 Å². The van der Waals surface area contributed by atoms with Gasteiger partial charge in [0.1, 0.15) is 5.82 Å². The highest BCUT2D eigenvalue weighted by Crippen LogP contribution is 2.36. The van der Waals surface area contributed by atoms with E-state index in [-0.39, 0.29) is 29.8 Å². The maximum absolute atomic E-state index is 13.6. The second-order valence-electron chi connectivity index (χ2n) is 6.36. The molecule has 2 unspecified atom stereocenters. The third-order valence-corrected chi connectivity index (χ3v) is 5.77. The first-order chi connectivity index (χ1) is 12.1. The van der Waals surface area contributed by atoms with Crippen LogP contribution in [0.3, 0.4) is 0 Å². The molecule has 1 saturated heterocycles. The number of hydrogen-bond donors (Lipinski definition) is 1. The van der Waals surface area contributed by atoms with Gasteiger partial charge in [0.25, 0.3) is 0 Å². The van der Waals surface area contributed by atoms with Gasteiger partial charge in [-0.15, -0.1) is 11.8 Å². The second-order valence-corrected chi connectivity index (χ2v) is 7.50. The molecule has 2 aliphatic rings. The molecule has 0 radical (unpaired) electrons. The van der Waals surface area contributed by atoms with Crippen molar-refractivity contribution in [2.24, 2.45) is 5.92 Å². The average molecular weight is 366 g/mol. The number of nitrogens with zero attached hydrogens (tertiary/aromatic N) is 1. The Morgan fingerprint density at radius 3 is 3.04 bits per heavy atom. The lowest BCUT2D eigenvalue weighted by Gasteiger charge is -2.33. The number of carbonyl (C=O) groups excluding carboxylic acids is 2. The number of carbonyl (C=O) groups is 2. The van der Waals surface area contributed by atoms with Crippen LogP contribution < -0.4 is 5.32 Å². The molecule has 0 aliphatic carbocycles. The number of ether oxygens (including phenoxy) is 1. The monoisotopic (exact) mass is 366 g/mol. The minimum absolute atomic E-state index is 0.0684. The standard InChI is InChI=1S/C18H23FN2O3S/c1-2-24-18(23)21-8-3-4-12(11-21)17(22)20-15-7-9-25-16-6-5-13(19)10-14(15)16/h5-6,10,12,15H,2-4,7-9,11H2,1H3,(H,20,22). The summed E-state index contributed by atoms with van der Waals surface area (Å²) < 4.78 is 18.6. The van der Waals surface area contributed by atoms with E-state index in [1.54, 1.807) is 29.7 Å². The first-order valence-electron chi connectivity index (χ1n) is 8.72. The summed E-state index contributed by atoms with van der Waals surface area (Å²) in [4.78, 5) is 27.2. The van der Waals surface area contributed by atoms with Crippen LogP contribution in [0.15, 0.2) is 23.1 Å². The highest BCUT2D eigenvalue weighted by Gasteiger charge is 2.31. The number of amides is 2. The van der Waals surface area contributed by atoms with Crippen LogP contribution in [0.5, 0.6) is 0 Å². The third-order valence-electron chi connectivity index (χ3n) is 4.65. The molecular weight excluding hydrogens is 343 g/mol. The lowest BCUT2D eigenvalue weighted by Crippen LogP contribution is -2.46. The largest absolute Gasteiger partial charge is 0.450 e. The summed E-state index contributed by atoms with van der Waals surface area (Å²) in [6.45, 7) is 3.09. The molecule has 0 aromatic heterocycles. The molecule has 1 aromatic rings. The Labute approximate surface area is 151 Å². The zero-order chi connectivity index (χ0) is 17.8. The van der Waals surface area contributed by atoms with Gasteiger partial charge >= 0.3 is 6.09 Å². The summed E-state index contributed by atoms with van der Waals surface area (Å²) in [6, 6.07) is 4.57. The molecule has 25 heavy (non-hydrogen) atoms. The van der Waals surface area contributed by atoms with Crippen molar-refractivity contribution < 1.29 is 18.7 Å². The van der Waals surface area contributed by atoms with Crippen LogP contribution in [0.25, 0.3) is 0 Å². The van der Waals surface area contributed by atoms with E-state index in [9.17, 15) is 14.0 Å². The Balaban J connectivity index is 1.65. The molecule has 1 aromatic carbocycles. The maximum atomic E-state index is 13.6. The average Bonchev–Trinajstić information content (AvgIpc) is 2.62. The normalized spacial score (nSPS) is 22.9. The molecule has 0 saturated carbocycles. The van der Waals surface area contributed by atoms with Gasteiger partial charge in [-0.05, 0) is 49.9 Å². The van der Waals surface area contributed by atoms with Crippen molar-refractivity contribution >= 4 is 23.8 Å². The van der Waals surface area contributed by atoms with Gasteiger partial charge in [-0.2, -0.15) is 0 Å². The van der Waals surface area contributed by atoms with Gasteiger partial charge in [0.2, 0.25) is 5.91 Å². The predicted molar refractivity (Wildman–Crippen MR) is 93.9 cm³/mol. The molecule has 7 heteroatoms. The quantitative estimate of drug-likeness (QED) is 0.891. The maximum Gasteiger partial charge on any atom is 0.409 e. The number of nitrogens with one attached hydrogen (secondary N) is 1. The Hall–Kier alpha value is -1.76. The van der Waals surface area contributed by atoms with E-state index in [2.05, 4.69) is 5.32 Å². The molecule has 2 amide bonds. The van der Waals surface area contributed by atoms with E-state index < -0.39 is 0 Å². The molecule has 2 atom stereocenters. The molecule has 1 N–H and O–H groups in total. The molecule has 1 fully saturated rings. The van der Waals surface area contributed by atoms with E-state index in [1.807, 2.05) is 0 Å². The van der Waals surface area contributed by atoms with Gasteiger partial charge in [0, 0.05) is 23.7 Å². The molecule has 5 nitrogen and oxygen atoms in total. The summed E-state index contributed by atoms with van der Waals surface area (Å²) in [5, 5.41) is 3.07. The molecule has 0 bridgehead atoms. The number of fused-ring (bicyclic) bond motifs is 1. The Bertz CT molecular complexity index is 655. The Morgan fingerprint density at radius 2 is 2.24 bits per heavy atom. The number of piperidine rings is 1. The molecule has 2 heterocycles. The van der Waals surface area contributed by atoms with Gasteiger partial charge in [0.15, 0.2) is 0 Å². The summed E-state index contributed by atoms with van der Waals surface area (Å²) in [7, 11) is 0. The fourth-order valence-corrected chi connectivity index (χ4v) is 4.48. The number of likely N-dealkylation sites (tertiary alicyclic amines) is 1. The number of rotatable bonds is 3. The number of halogens is 1. The summed E-state index contributed by atoms with van der Waals surface area (Å²) in [6.07, 6.45) is 1.95. The first kappa shape index (κ1) is 18.0. The van der Waals surface area contributed by atoms with Crippen molar-refractivity contribution in [3.05, 3.63) is 29.6 Å². The van der Waals surface area contributed by atoms with Gasteiger partial charge in [-0.3, -0.25) is 4.79 Å². The highest BCUT2D eigenvalue weighted by atomic mass is 32.2. The van der Waals surface area contributed by atoms with E-state index in [1.165, 1.54) is 12.1 Å². The van der Waals surface area contributed by atoms with E-state index >= 15 is 0 Å². The third kappa shape index (κ3) is 4.26. The van der Waals surface area contributed by atoms with E-state index in [0.717, 1.165) is 35.5 Å². The molecule has 3 rings (SSSR count). The van der Waals surface area contributed by atoms with Crippen LogP contribution in [0, 0.1) is 11.7 Å². The Morgan fingerprint density at radius 1 is 1.40 bits per heavy atom. The summed E-state index contributed by atoms with van der Waals surface area (Å²) in [5.74, 6) is 0.293. The van der Waals surface area contributed by atoms with Crippen LogP contribution in [0.1, 0.15) is 37.8 Å². The van der Waals surface area contributed by atoms with Crippen molar-refractivity contribution in [1.29, 1.82) is 0 Å². The zero-order valence-electron chi connectivity index (χ0n) is 14.3. The zero-order valence-corrected chi connectivity index (χ0v) is 15.1. The van der Waals surface area contributed by atoms with Gasteiger partial charge in [0.05, 0.1) is 18.6 Å². The minimum atomic E-state index is -0.360. The molecule has 136 valence electrons. The SMILES string of the molecule is CCOC(=O)N1CCCC(C(=O)NC2CCSc3ccc(F)cc32)C1. The predicted octanol–water partition coefficient (Wildman–Crippen LogP) is 3.35. The van der Waals surface area contributed by atoms with Crippen molar-refractivity contribution in [1.82, 2.24) is 10.2 Å². The van der Waals surface area contributed by atoms with Crippen LogP contribution >= 0.6 is 11.8 Å². The van der Waals surface area contributed by atoms with Crippen LogP contribution in [-0.2, 0) is 9.53 Å². The van der Waals surface area contributed by atoms with Gasteiger partial charge in [-0.25, -0.2) is 9.18 Å². The molecular formula is C18H23FN2O3S. The fourth-order valence-electron chi connectivity index (χ4n) is 3.38. The number of hydrogen-bond acceptors (Lipinski definition) is 4. The topological polar surface area (TPSA) is 58.6 Å².